The molecular formula is C12H15N3. The molecule has 0 aromatic carbocycles. The van der Waals surface area contributed by atoms with Crippen molar-refractivity contribution in [1.82, 2.24) is 9.38 Å². The van der Waals surface area contributed by atoms with Crippen LogP contribution >= 0.6 is 0 Å². The summed E-state index contributed by atoms with van der Waals surface area (Å²) in [6.07, 6.45) is 5.94. The molecule has 1 aliphatic carbocycles. The lowest BCUT2D eigenvalue weighted by atomic mass is 9.85. The maximum Gasteiger partial charge on any atom is 0.116 e. The standard InChI is InChI=1S/C12H15N3/c1-8-11-7-10(13)5-6-15(11)12(14-8)9-3-2-4-9/h5-7,9H,2-4,13H2,1H3. The van der Waals surface area contributed by atoms with Gasteiger partial charge in [-0.15, -0.1) is 0 Å². The van der Waals surface area contributed by atoms with Crippen LogP contribution in [-0.2, 0) is 0 Å². The number of pyridine rings is 1. The molecule has 0 spiro atoms. The molecule has 2 aromatic rings. The maximum atomic E-state index is 5.78. The van der Waals surface area contributed by atoms with Crippen molar-refractivity contribution < 1.29 is 0 Å². The summed E-state index contributed by atoms with van der Waals surface area (Å²) >= 11 is 0. The van der Waals surface area contributed by atoms with E-state index in [0.29, 0.717) is 5.92 Å². The van der Waals surface area contributed by atoms with E-state index in [1.807, 2.05) is 18.3 Å². The van der Waals surface area contributed by atoms with Crippen molar-refractivity contribution in [3.8, 4) is 0 Å². The highest BCUT2D eigenvalue weighted by molar-refractivity contribution is 5.60. The fraction of sp³-hybridized carbons (Fsp3) is 0.417. The van der Waals surface area contributed by atoms with Crippen LogP contribution in [0, 0.1) is 6.92 Å². The molecule has 0 bridgehead atoms. The van der Waals surface area contributed by atoms with E-state index in [1.165, 1.54) is 25.1 Å². The molecule has 3 rings (SSSR count). The van der Waals surface area contributed by atoms with Gasteiger partial charge in [0, 0.05) is 17.8 Å². The molecule has 1 saturated carbocycles. The van der Waals surface area contributed by atoms with Gasteiger partial charge in [-0.2, -0.15) is 0 Å². The highest BCUT2D eigenvalue weighted by Gasteiger charge is 2.24. The molecule has 78 valence electrons. The van der Waals surface area contributed by atoms with Crippen LogP contribution in [0.2, 0.25) is 0 Å². The van der Waals surface area contributed by atoms with Crippen LogP contribution in [0.5, 0.6) is 0 Å². The number of nitrogens with zero attached hydrogens (tertiary/aromatic N) is 2. The molecule has 2 N–H and O–H groups in total. The predicted molar refractivity (Wildman–Crippen MR) is 60.9 cm³/mol. The number of hydrogen-bond acceptors (Lipinski definition) is 2. The van der Waals surface area contributed by atoms with Crippen LogP contribution in [-0.4, -0.2) is 9.38 Å². The zero-order valence-corrected chi connectivity index (χ0v) is 8.90. The summed E-state index contributed by atoms with van der Waals surface area (Å²) in [4.78, 5) is 4.66. The van der Waals surface area contributed by atoms with Gasteiger partial charge in [-0.1, -0.05) is 6.42 Å². The normalized spacial score (nSPS) is 16.9. The number of anilines is 1. The van der Waals surface area contributed by atoms with Crippen molar-refractivity contribution >= 4 is 11.2 Å². The van der Waals surface area contributed by atoms with Crippen LogP contribution < -0.4 is 5.73 Å². The largest absolute Gasteiger partial charge is 0.399 e. The summed E-state index contributed by atoms with van der Waals surface area (Å²) in [5.41, 5.74) is 8.83. The minimum atomic E-state index is 0.662. The molecular weight excluding hydrogens is 186 g/mol. The predicted octanol–water partition coefficient (Wildman–Crippen LogP) is 2.49. The Hall–Kier alpha value is -1.51. The number of nitrogen functional groups attached to an aromatic ring is 1. The van der Waals surface area contributed by atoms with E-state index in [4.69, 9.17) is 5.73 Å². The third-order valence-electron chi connectivity index (χ3n) is 3.35. The summed E-state index contributed by atoms with van der Waals surface area (Å²) < 4.78 is 2.19. The lowest BCUT2D eigenvalue weighted by Crippen LogP contribution is -2.12. The summed E-state index contributed by atoms with van der Waals surface area (Å²) in [5.74, 6) is 1.88. The molecule has 1 fully saturated rings. The number of aryl methyl sites for hydroxylation is 1. The van der Waals surface area contributed by atoms with Crippen LogP contribution in [0.4, 0.5) is 5.69 Å². The Morgan fingerprint density at radius 2 is 2.27 bits per heavy atom. The van der Waals surface area contributed by atoms with Crippen LogP contribution in [0.15, 0.2) is 18.3 Å². The zero-order chi connectivity index (χ0) is 10.4. The van der Waals surface area contributed by atoms with Crippen LogP contribution in [0.25, 0.3) is 5.52 Å². The third kappa shape index (κ3) is 1.23. The van der Waals surface area contributed by atoms with Crippen molar-refractivity contribution in [1.29, 1.82) is 0 Å². The molecule has 2 aromatic heterocycles. The van der Waals surface area contributed by atoms with Gasteiger partial charge >= 0.3 is 0 Å². The van der Waals surface area contributed by atoms with Crippen molar-refractivity contribution in [2.75, 3.05) is 5.73 Å². The highest BCUT2D eigenvalue weighted by atomic mass is 15.0. The second-order valence-electron chi connectivity index (χ2n) is 4.40. The van der Waals surface area contributed by atoms with Crippen LogP contribution in [0.3, 0.4) is 0 Å². The Labute approximate surface area is 88.9 Å². The Morgan fingerprint density at radius 3 is 2.93 bits per heavy atom. The summed E-state index contributed by atoms with van der Waals surface area (Å²) in [5, 5.41) is 0. The van der Waals surface area contributed by atoms with Gasteiger partial charge in [0.25, 0.3) is 0 Å². The van der Waals surface area contributed by atoms with Gasteiger partial charge in [0.15, 0.2) is 0 Å². The fourth-order valence-corrected chi connectivity index (χ4v) is 2.23. The number of aromatic nitrogens is 2. The Kier molecular flexibility index (Phi) is 1.75. The monoisotopic (exact) mass is 201 g/mol. The lowest BCUT2D eigenvalue weighted by molar-refractivity contribution is 0.400. The first-order chi connectivity index (χ1) is 7.25. The second-order valence-corrected chi connectivity index (χ2v) is 4.40. The van der Waals surface area contributed by atoms with Crippen molar-refractivity contribution in [3.05, 3.63) is 29.8 Å². The first-order valence-electron chi connectivity index (χ1n) is 5.50. The van der Waals surface area contributed by atoms with Crippen molar-refractivity contribution in [3.63, 3.8) is 0 Å². The Morgan fingerprint density at radius 1 is 1.47 bits per heavy atom. The van der Waals surface area contributed by atoms with Gasteiger partial charge in [0.1, 0.15) is 5.82 Å². The summed E-state index contributed by atoms with van der Waals surface area (Å²) in [6, 6.07) is 3.95. The number of imidazole rings is 1. The van der Waals surface area contributed by atoms with E-state index in [0.717, 1.165) is 16.9 Å². The van der Waals surface area contributed by atoms with Crippen molar-refractivity contribution in [2.24, 2.45) is 0 Å². The summed E-state index contributed by atoms with van der Waals surface area (Å²) in [6.45, 7) is 2.05. The first kappa shape index (κ1) is 8.77. The molecule has 0 amide bonds. The minimum absolute atomic E-state index is 0.662. The molecule has 3 nitrogen and oxygen atoms in total. The number of rotatable bonds is 1. The van der Waals surface area contributed by atoms with Gasteiger partial charge in [-0.3, -0.25) is 0 Å². The smallest absolute Gasteiger partial charge is 0.116 e. The molecule has 0 atom stereocenters. The van der Waals surface area contributed by atoms with Gasteiger partial charge in [-0.05, 0) is 31.9 Å². The molecule has 1 aliphatic rings. The number of fused-ring (bicyclic) bond motifs is 1. The minimum Gasteiger partial charge on any atom is -0.399 e. The van der Waals surface area contributed by atoms with Gasteiger partial charge < -0.3 is 10.1 Å². The zero-order valence-electron chi connectivity index (χ0n) is 8.90. The lowest BCUT2D eigenvalue weighted by Gasteiger charge is -2.23. The Bertz CT molecular complexity index is 509. The quantitative estimate of drug-likeness (QED) is 0.770. The van der Waals surface area contributed by atoms with E-state index >= 15 is 0 Å². The van der Waals surface area contributed by atoms with Crippen molar-refractivity contribution in [2.45, 2.75) is 32.1 Å². The third-order valence-corrected chi connectivity index (χ3v) is 3.35. The van der Waals surface area contributed by atoms with E-state index in [2.05, 4.69) is 16.3 Å². The average Bonchev–Trinajstić information content (AvgIpc) is 2.41. The molecule has 3 heteroatoms. The first-order valence-corrected chi connectivity index (χ1v) is 5.50. The van der Waals surface area contributed by atoms with E-state index in [1.54, 1.807) is 0 Å². The fourth-order valence-electron chi connectivity index (χ4n) is 2.23. The SMILES string of the molecule is Cc1nc(C2CCC2)n2ccc(N)cc12. The van der Waals surface area contributed by atoms with E-state index in [-0.39, 0.29) is 0 Å². The van der Waals surface area contributed by atoms with Gasteiger partial charge in [0.05, 0.1) is 11.2 Å². The molecule has 0 radical (unpaired) electrons. The molecule has 0 saturated heterocycles. The van der Waals surface area contributed by atoms with Gasteiger partial charge in [0.2, 0.25) is 0 Å². The van der Waals surface area contributed by atoms with E-state index in [9.17, 15) is 0 Å². The van der Waals surface area contributed by atoms with Gasteiger partial charge in [-0.25, -0.2) is 4.98 Å². The Balaban J connectivity index is 2.22. The van der Waals surface area contributed by atoms with Crippen LogP contribution in [0.1, 0.15) is 36.7 Å². The summed E-state index contributed by atoms with van der Waals surface area (Å²) in [7, 11) is 0. The topological polar surface area (TPSA) is 43.3 Å². The molecule has 15 heavy (non-hydrogen) atoms. The molecule has 0 unspecified atom stereocenters. The molecule has 2 heterocycles. The average molecular weight is 201 g/mol. The maximum absolute atomic E-state index is 5.78. The van der Waals surface area contributed by atoms with E-state index < -0.39 is 0 Å². The number of hydrogen-bond donors (Lipinski definition) is 1. The highest BCUT2D eigenvalue weighted by Crippen LogP contribution is 2.36. The number of nitrogens with two attached hydrogens (primary N) is 1. The molecule has 0 aliphatic heterocycles. The second kappa shape index (κ2) is 2.99.